The van der Waals surface area contributed by atoms with Crippen molar-refractivity contribution >= 4 is 18.1 Å². The van der Waals surface area contributed by atoms with Crippen LogP contribution in [-0.2, 0) is 14.3 Å². The van der Waals surface area contributed by atoms with Gasteiger partial charge in [0.25, 0.3) is 0 Å². The Balaban J connectivity index is 1.37. The van der Waals surface area contributed by atoms with E-state index in [1.165, 1.54) is 0 Å². The van der Waals surface area contributed by atoms with Crippen molar-refractivity contribution in [1.29, 1.82) is 0 Å². The second-order valence-electron chi connectivity index (χ2n) is 11.3. The van der Waals surface area contributed by atoms with E-state index in [0.717, 1.165) is 32.1 Å². The van der Waals surface area contributed by atoms with Gasteiger partial charge in [-0.3, -0.25) is 9.69 Å². The number of hydrogen-bond donors (Lipinski definition) is 1. The van der Waals surface area contributed by atoms with Crippen molar-refractivity contribution in [3.63, 3.8) is 0 Å². The second kappa shape index (κ2) is 8.27. The molecule has 3 amide bonds. The smallest absolute Gasteiger partial charge is 0.410 e. The molecule has 0 aromatic heterocycles. The van der Waals surface area contributed by atoms with Gasteiger partial charge in [-0.1, -0.05) is 6.08 Å². The number of primary amides is 1. The van der Waals surface area contributed by atoms with Crippen LogP contribution in [0.2, 0.25) is 0 Å². The fourth-order valence-corrected chi connectivity index (χ4v) is 6.66. The summed E-state index contributed by atoms with van der Waals surface area (Å²) >= 11 is 0. The predicted molar refractivity (Wildman–Crippen MR) is 119 cm³/mol. The molecule has 0 aromatic carbocycles. The molecule has 4 aliphatic carbocycles. The third-order valence-electron chi connectivity index (χ3n) is 7.76. The standard InChI is InChI=1S/C24H37N3O5/c1-5-7-27(22(30)32-23(2,3)4)18-6-8-26(14-18)21(29)31-19-16-9-15-10-17(19)13-24(11-15,12-16)20(25)28/h5,15-19H,1,6-14H2,2-4H3,(H2,25,28). The predicted octanol–water partition coefficient (Wildman–Crippen LogP) is 3.30. The van der Waals surface area contributed by atoms with Crippen molar-refractivity contribution < 1.29 is 23.9 Å². The molecule has 3 atom stereocenters. The van der Waals surface area contributed by atoms with Gasteiger partial charge in [0.05, 0.1) is 11.5 Å². The van der Waals surface area contributed by atoms with E-state index >= 15 is 0 Å². The molecule has 0 radical (unpaired) electrons. The Bertz CT molecular complexity index is 775. The van der Waals surface area contributed by atoms with Gasteiger partial charge in [0.1, 0.15) is 11.7 Å². The van der Waals surface area contributed by atoms with Gasteiger partial charge < -0.3 is 20.1 Å². The van der Waals surface area contributed by atoms with E-state index < -0.39 is 17.1 Å². The van der Waals surface area contributed by atoms with Crippen LogP contribution in [0.25, 0.3) is 0 Å². The topological polar surface area (TPSA) is 102 Å². The molecule has 0 spiro atoms. The SMILES string of the molecule is C=CCN(C(=O)OC(C)(C)C)C1CCN(C(=O)OC2C3CC4CC2CC(C(N)=O)(C4)C3)C1. The van der Waals surface area contributed by atoms with Crippen LogP contribution >= 0.6 is 0 Å². The summed E-state index contributed by atoms with van der Waals surface area (Å²) in [6.45, 7) is 10.6. The first-order valence-electron chi connectivity index (χ1n) is 11.9. The van der Waals surface area contributed by atoms with Crippen LogP contribution < -0.4 is 5.73 Å². The number of hydrogen-bond acceptors (Lipinski definition) is 5. The molecule has 4 saturated carbocycles. The first kappa shape index (κ1) is 22.9. The van der Waals surface area contributed by atoms with Gasteiger partial charge in [-0.25, -0.2) is 9.59 Å². The van der Waals surface area contributed by atoms with Crippen molar-refractivity contribution in [3.05, 3.63) is 12.7 Å². The van der Waals surface area contributed by atoms with Crippen LogP contribution in [0, 0.1) is 23.2 Å². The van der Waals surface area contributed by atoms with Crippen LogP contribution in [0.3, 0.4) is 0 Å². The summed E-state index contributed by atoms with van der Waals surface area (Å²) in [5.74, 6) is 0.770. The van der Waals surface area contributed by atoms with Crippen LogP contribution in [0.5, 0.6) is 0 Å². The zero-order chi connectivity index (χ0) is 23.3. The number of likely N-dealkylation sites (tertiary alicyclic amines) is 1. The molecule has 5 rings (SSSR count). The number of nitrogens with two attached hydrogens (primary N) is 1. The summed E-state index contributed by atoms with van der Waals surface area (Å²) in [4.78, 5) is 41.2. The molecule has 5 fully saturated rings. The average Bonchev–Trinajstić information content (AvgIpc) is 3.16. The van der Waals surface area contributed by atoms with Crippen molar-refractivity contribution in [2.45, 2.75) is 77.0 Å². The van der Waals surface area contributed by atoms with Gasteiger partial charge >= 0.3 is 12.2 Å². The molecular formula is C24H37N3O5. The van der Waals surface area contributed by atoms with Crippen LogP contribution in [0.4, 0.5) is 9.59 Å². The Morgan fingerprint density at radius 1 is 1.19 bits per heavy atom. The molecule has 0 aromatic rings. The van der Waals surface area contributed by atoms with Gasteiger partial charge in [0, 0.05) is 19.6 Å². The summed E-state index contributed by atoms with van der Waals surface area (Å²) < 4.78 is 11.6. The van der Waals surface area contributed by atoms with Gasteiger partial charge in [-0.2, -0.15) is 0 Å². The molecule has 2 N–H and O–H groups in total. The van der Waals surface area contributed by atoms with Gasteiger partial charge in [0.15, 0.2) is 0 Å². The van der Waals surface area contributed by atoms with E-state index in [4.69, 9.17) is 15.2 Å². The molecule has 178 valence electrons. The minimum atomic E-state index is -0.588. The minimum Gasteiger partial charge on any atom is -0.446 e. The van der Waals surface area contributed by atoms with E-state index in [1.807, 2.05) is 20.8 Å². The second-order valence-corrected chi connectivity index (χ2v) is 11.3. The number of carbonyl (C=O) groups excluding carboxylic acids is 3. The number of rotatable bonds is 5. The zero-order valence-electron chi connectivity index (χ0n) is 19.5. The van der Waals surface area contributed by atoms with Crippen molar-refractivity contribution in [2.75, 3.05) is 19.6 Å². The molecular weight excluding hydrogens is 410 g/mol. The average molecular weight is 448 g/mol. The Morgan fingerprint density at radius 2 is 1.84 bits per heavy atom. The molecule has 3 unspecified atom stereocenters. The van der Waals surface area contributed by atoms with Crippen molar-refractivity contribution in [1.82, 2.24) is 9.80 Å². The van der Waals surface area contributed by atoms with Crippen molar-refractivity contribution in [3.8, 4) is 0 Å². The quantitative estimate of drug-likeness (QED) is 0.652. The number of nitrogens with zero attached hydrogens (tertiary/aromatic N) is 2. The van der Waals surface area contributed by atoms with Crippen LogP contribution in [0.15, 0.2) is 12.7 Å². The molecule has 32 heavy (non-hydrogen) atoms. The molecule has 1 saturated heterocycles. The van der Waals surface area contributed by atoms with Gasteiger partial charge in [-0.05, 0) is 77.0 Å². The normalized spacial score (nSPS) is 35.5. The van der Waals surface area contributed by atoms with Gasteiger partial charge in [0.2, 0.25) is 5.91 Å². The Labute approximate surface area is 190 Å². The van der Waals surface area contributed by atoms with Crippen LogP contribution in [-0.4, -0.2) is 65.3 Å². The maximum absolute atomic E-state index is 13.0. The maximum Gasteiger partial charge on any atom is 0.410 e. The zero-order valence-corrected chi connectivity index (χ0v) is 19.5. The fourth-order valence-electron chi connectivity index (χ4n) is 6.66. The molecule has 8 heteroatoms. The van der Waals surface area contributed by atoms with E-state index in [9.17, 15) is 14.4 Å². The third-order valence-corrected chi connectivity index (χ3v) is 7.76. The van der Waals surface area contributed by atoms with Gasteiger partial charge in [-0.15, -0.1) is 6.58 Å². The Morgan fingerprint density at radius 3 is 2.41 bits per heavy atom. The van der Waals surface area contributed by atoms with E-state index in [0.29, 0.717) is 32.0 Å². The lowest BCUT2D eigenvalue weighted by atomic mass is 9.48. The highest BCUT2D eigenvalue weighted by Gasteiger charge is 2.59. The monoisotopic (exact) mass is 447 g/mol. The molecule has 4 bridgehead atoms. The lowest BCUT2D eigenvalue weighted by Gasteiger charge is -2.58. The molecule has 8 nitrogen and oxygen atoms in total. The summed E-state index contributed by atoms with van der Waals surface area (Å²) in [6, 6.07) is -0.132. The molecule has 5 aliphatic rings. The van der Waals surface area contributed by atoms with E-state index in [2.05, 4.69) is 6.58 Å². The van der Waals surface area contributed by atoms with Crippen molar-refractivity contribution in [2.24, 2.45) is 28.9 Å². The Hall–Kier alpha value is -2.25. The summed E-state index contributed by atoms with van der Waals surface area (Å²) in [6.07, 6.45) is 5.89. The first-order chi connectivity index (χ1) is 15.0. The maximum atomic E-state index is 13.0. The largest absolute Gasteiger partial charge is 0.446 e. The van der Waals surface area contributed by atoms with E-state index in [1.54, 1.807) is 15.9 Å². The third kappa shape index (κ3) is 4.33. The van der Waals surface area contributed by atoms with E-state index in [-0.39, 0.29) is 36.0 Å². The molecule has 1 aliphatic heterocycles. The number of amides is 3. The minimum absolute atomic E-state index is 0.132. The first-order valence-corrected chi connectivity index (χ1v) is 11.9. The molecule has 1 heterocycles. The fraction of sp³-hybridized carbons (Fsp3) is 0.792. The van der Waals surface area contributed by atoms with Crippen LogP contribution in [0.1, 0.15) is 59.3 Å². The number of carbonyl (C=O) groups is 3. The highest BCUT2D eigenvalue weighted by Crippen LogP contribution is 2.60. The Kier molecular flexibility index (Phi) is 5.92. The summed E-state index contributed by atoms with van der Waals surface area (Å²) in [5.41, 5.74) is 4.78. The lowest BCUT2D eigenvalue weighted by Crippen LogP contribution is -2.59. The highest BCUT2D eigenvalue weighted by molar-refractivity contribution is 5.81. The lowest BCUT2D eigenvalue weighted by molar-refractivity contribution is -0.161. The highest BCUT2D eigenvalue weighted by atomic mass is 16.6. The summed E-state index contributed by atoms with van der Waals surface area (Å²) in [7, 11) is 0. The number of ether oxygens (including phenoxy) is 2. The summed E-state index contributed by atoms with van der Waals surface area (Å²) in [5, 5.41) is 0.